The quantitative estimate of drug-likeness (QED) is 0.517. The van der Waals surface area contributed by atoms with Gasteiger partial charge >= 0.3 is 0 Å². The lowest BCUT2D eigenvalue weighted by molar-refractivity contribution is 0.0735. The fraction of sp³-hybridized carbons (Fsp3) is 0.385. The van der Waals surface area contributed by atoms with Crippen LogP contribution in [0.1, 0.15) is 54.0 Å². The standard InChI is InChI=1S/C26H29N5O2/c1-16-17(2)25-21(26(33)31(15-28-25)23-6-4-5-7-24(23)32)11-19(16)10-18-8-9-22(27-12-18)20-13-29-30(3)14-20/h8-9,11-15,23-24,32H,4-7,10H2,1-3H3/t23-,24-/m0/s1. The topological polar surface area (TPSA) is 85.8 Å². The minimum Gasteiger partial charge on any atom is -0.391 e. The maximum atomic E-state index is 13.4. The molecule has 0 spiro atoms. The molecule has 3 aromatic heterocycles. The Morgan fingerprint density at radius 1 is 1.09 bits per heavy atom. The maximum absolute atomic E-state index is 13.4. The highest BCUT2D eigenvalue weighted by Crippen LogP contribution is 2.29. The van der Waals surface area contributed by atoms with E-state index < -0.39 is 6.10 Å². The average Bonchev–Trinajstić information content (AvgIpc) is 3.25. The minimum atomic E-state index is -0.494. The molecule has 0 saturated heterocycles. The molecular weight excluding hydrogens is 414 g/mol. The van der Waals surface area contributed by atoms with Crippen LogP contribution in [0.5, 0.6) is 0 Å². The molecule has 0 aliphatic heterocycles. The molecule has 7 heteroatoms. The Kier molecular flexibility index (Phi) is 5.58. The first-order valence-corrected chi connectivity index (χ1v) is 11.5. The normalized spacial score (nSPS) is 18.7. The van der Waals surface area contributed by atoms with E-state index in [2.05, 4.69) is 28.1 Å². The minimum absolute atomic E-state index is 0.0691. The van der Waals surface area contributed by atoms with Crippen molar-refractivity contribution in [2.75, 3.05) is 0 Å². The zero-order valence-electron chi connectivity index (χ0n) is 19.3. The Morgan fingerprint density at radius 3 is 2.61 bits per heavy atom. The van der Waals surface area contributed by atoms with Gasteiger partial charge in [-0.1, -0.05) is 18.9 Å². The molecule has 1 aliphatic carbocycles. The second-order valence-electron chi connectivity index (χ2n) is 9.19. The third kappa shape index (κ3) is 3.97. The van der Waals surface area contributed by atoms with E-state index in [1.165, 1.54) is 0 Å². The number of fused-ring (bicyclic) bond motifs is 1. The maximum Gasteiger partial charge on any atom is 0.261 e. The van der Waals surface area contributed by atoms with Crippen molar-refractivity contribution < 1.29 is 5.11 Å². The fourth-order valence-corrected chi connectivity index (χ4v) is 4.92. The molecule has 1 aromatic carbocycles. The number of aryl methyl sites for hydroxylation is 2. The number of pyridine rings is 1. The zero-order chi connectivity index (χ0) is 23.1. The number of aromatic nitrogens is 5. The summed E-state index contributed by atoms with van der Waals surface area (Å²) in [6, 6.07) is 5.87. The van der Waals surface area contributed by atoms with E-state index in [0.717, 1.165) is 64.7 Å². The largest absolute Gasteiger partial charge is 0.391 e. The Labute approximate surface area is 192 Å². The average molecular weight is 444 g/mol. The lowest BCUT2D eigenvalue weighted by atomic mass is 9.92. The van der Waals surface area contributed by atoms with E-state index in [1.807, 2.05) is 38.5 Å². The molecule has 3 heterocycles. The zero-order valence-corrected chi connectivity index (χ0v) is 19.3. The van der Waals surface area contributed by atoms with Gasteiger partial charge in [-0.25, -0.2) is 4.98 Å². The Hall–Kier alpha value is -3.32. The first kappa shape index (κ1) is 21.5. The summed E-state index contributed by atoms with van der Waals surface area (Å²) in [7, 11) is 1.89. The molecule has 7 nitrogen and oxygen atoms in total. The molecule has 0 amide bonds. The van der Waals surface area contributed by atoms with Gasteiger partial charge in [0.05, 0.1) is 41.3 Å². The third-order valence-corrected chi connectivity index (χ3v) is 7.02. The molecule has 0 radical (unpaired) electrons. The van der Waals surface area contributed by atoms with Crippen LogP contribution in [0.3, 0.4) is 0 Å². The van der Waals surface area contributed by atoms with Gasteiger partial charge < -0.3 is 5.11 Å². The van der Waals surface area contributed by atoms with Crippen LogP contribution in [0.2, 0.25) is 0 Å². The highest BCUT2D eigenvalue weighted by molar-refractivity contribution is 5.83. The van der Waals surface area contributed by atoms with Crippen molar-refractivity contribution in [3.05, 3.63) is 75.7 Å². The second kappa shape index (κ2) is 8.56. The van der Waals surface area contributed by atoms with E-state index in [-0.39, 0.29) is 11.6 Å². The number of aliphatic hydroxyl groups is 1. The molecule has 5 rings (SSSR count). The Morgan fingerprint density at radius 2 is 1.91 bits per heavy atom. The van der Waals surface area contributed by atoms with Gasteiger partial charge in [-0.3, -0.25) is 19.0 Å². The summed E-state index contributed by atoms with van der Waals surface area (Å²) in [4.78, 5) is 22.7. The predicted molar refractivity (Wildman–Crippen MR) is 128 cm³/mol. The van der Waals surface area contributed by atoms with Crippen LogP contribution in [-0.2, 0) is 13.5 Å². The van der Waals surface area contributed by atoms with Crippen LogP contribution in [0.4, 0.5) is 0 Å². The molecule has 1 aliphatic rings. The van der Waals surface area contributed by atoms with Crippen molar-refractivity contribution >= 4 is 10.9 Å². The van der Waals surface area contributed by atoms with Crippen LogP contribution < -0.4 is 5.56 Å². The van der Waals surface area contributed by atoms with E-state index in [0.29, 0.717) is 11.8 Å². The van der Waals surface area contributed by atoms with Crippen molar-refractivity contribution in [3.8, 4) is 11.3 Å². The fourth-order valence-electron chi connectivity index (χ4n) is 4.92. The molecule has 4 aromatic rings. The van der Waals surface area contributed by atoms with Crippen molar-refractivity contribution in [1.29, 1.82) is 0 Å². The second-order valence-corrected chi connectivity index (χ2v) is 9.19. The van der Waals surface area contributed by atoms with Crippen LogP contribution in [0, 0.1) is 13.8 Å². The highest BCUT2D eigenvalue weighted by atomic mass is 16.3. The predicted octanol–water partition coefficient (Wildman–Crippen LogP) is 3.88. The molecule has 1 N–H and O–H groups in total. The van der Waals surface area contributed by atoms with Crippen molar-refractivity contribution in [2.24, 2.45) is 7.05 Å². The number of nitrogens with zero attached hydrogens (tertiary/aromatic N) is 5. The van der Waals surface area contributed by atoms with E-state index in [9.17, 15) is 9.90 Å². The third-order valence-electron chi connectivity index (χ3n) is 7.02. The smallest absolute Gasteiger partial charge is 0.261 e. The molecule has 33 heavy (non-hydrogen) atoms. The SMILES string of the molecule is Cc1c(Cc2ccc(-c3cnn(C)c3)nc2)cc2c(=O)n([C@H]3CCCC[C@@H]3O)cnc2c1C. The molecule has 0 bridgehead atoms. The number of benzene rings is 1. The van der Waals surface area contributed by atoms with Gasteiger partial charge in [-0.05, 0) is 67.5 Å². The van der Waals surface area contributed by atoms with Crippen LogP contribution in [-0.4, -0.2) is 35.5 Å². The molecule has 0 unspecified atom stereocenters. The molecular formula is C26H29N5O2. The molecule has 1 fully saturated rings. The number of aliphatic hydroxyl groups excluding tert-OH is 1. The highest BCUT2D eigenvalue weighted by Gasteiger charge is 2.26. The first-order valence-electron chi connectivity index (χ1n) is 11.5. The number of rotatable bonds is 4. The molecule has 1 saturated carbocycles. The summed E-state index contributed by atoms with van der Waals surface area (Å²) in [5.74, 6) is 0. The summed E-state index contributed by atoms with van der Waals surface area (Å²) in [5.41, 5.74) is 6.88. The van der Waals surface area contributed by atoms with Crippen LogP contribution in [0.15, 0.2) is 47.9 Å². The summed E-state index contributed by atoms with van der Waals surface area (Å²) < 4.78 is 3.41. The van der Waals surface area contributed by atoms with E-state index in [4.69, 9.17) is 0 Å². The van der Waals surface area contributed by atoms with Gasteiger partial charge in [0, 0.05) is 25.0 Å². The van der Waals surface area contributed by atoms with Gasteiger partial charge in [0.1, 0.15) is 0 Å². The van der Waals surface area contributed by atoms with Gasteiger partial charge in [0.25, 0.3) is 5.56 Å². The molecule has 2 atom stereocenters. The number of hydrogen-bond acceptors (Lipinski definition) is 5. The summed E-state index contributed by atoms with van der Waals surface area (Å²) in [6.45, 7) is 4.11. The van der Waals surface area contributed by atoms with E-state index >= 15 is 0 Å². The number of hydrogen-bond donors (Lipinski definition) is 1. The molecule has 170 valence electrons. The van der Waals surface area contributed by atoms with Crippen LogP contribution in [0.25, 0.3) is 22.2 Å². The summed E-state index contributed by atoms with van der Waals surface area (Å²) >= 11 is 0. The lowest BCUT2D eigenvalue weighted by Crippen LogP contribution is -2.34. The van der Waals surface area contributed by atoms with Crippen molar-refractivity contribution in [3.63, 3.8) is 0 Å². The van der Waals surface area contributed by atoms with Crippen molar-refractivity contribution in [1.82, 2.24) is 24.3 Å². The Bertz CT molecular complexity index is 1370. The van der Waals surface area contributed by atoms with Crippen molar-refractivity contribution in [2.45, 2.75) is 58.1 Å². The van der Waals surface area contributed by atoms with Crippen LogP contribution >= 0.6 is 0 Å². The lowest BCUT2D eigenvalue weighted by Gasteiger charge is -2.29. The van der Waals surface area contributed by atoms with Gasteiger partial charge in [-0.15, -0.1) is 0 Å². The Balaban J connectivity index is 1.51. The van der Waals surface area contributed by atoms with Gasteiger partial charge in [-0.2, -0.15) is 5.10 Å². The summed E-state index contributed by atoms with van der Waals surface area (Å²) in [6.07, 6.45) is 11.0. The van der Waals surface area contributed by atoms with E-state index in [1.54, 1.807) is 21.8 Å². The summed E-state index contributed by atoms with van der Waals surface area (Å²) in [5, 5.41) is 15.3. The monoisotopic (exact) mass is 443 g/mol. The first-order chi connectivity index (χ1) is 15.9. The van der Waals surface area contributed by atoms with Gasteiger partial charge in [0.15, 0.2) is 0 Å². The van der Waals surface area contributed by atoms with Gasteiger partial charge in [0.2, 0.25) is 0 Å².